The first-order valence-electron chi connectivity index (χ1n) is 12.1. The number of aromatic nitrogens is 3. The molecular weight excluding hydrogens is 510 g/mol. The lowest BCUT2D eigenvalue weighted by Crippen LogP contribution is -2.58. The molecule has 3 amide bonds. The first kappa shape index (κ1) is 25.8. The Morgan fingerprint density at radius 3 is 2.69 bits per heavy atom. The van der Waals surface area contributed by atoms with Crippen LogP contribution in [-0.2, 0) is 11.3 Å². The van der Waals surface area contributed by atoms with Crippen LogP contribution in [0.2, 0.25) is 0 Å². The molecule has 2 aromatic heterocycles. The third-order valence-corrected chi connectivity index (χ3v) is 6.64. The Balaban J connectivity index is 1.26. The Hall–Kier alpha value is -4.86. The van der Waals surface area contributed by atoms with E-state index in [1.165, 1.54) is 32.8 Å². The molecule has 0 aliphatic carbocycles. The van der Waals surface area contributed by atoms with Gasteiger partial charge in [-0.2, -0.15) is 15.5 Å². The summed E-state index contributed by atoms with van der Waals surface area (Å²) in [4.78, 5) is 30.1. The van der Waals surface area contributed by atoms with E-state index in [1.807, 2.05) is 6.07 Å². The molecule has 39 heavy (non-hydrogen) atoms. The number of aryl methyl sites for hydroxylation is 1. The van der Waals surface area contributed by atoms with Crippen molar-refractivity contribution in [1.82, 2.24) is 24.7 Å². The Morgan fingerprint density at radius 1 is 1.21 bits per heavy atom. The Bertz CT molecular complexity index is 1540. The number of urea groups is 1. The molecule has 0 saturated carbocycles. The SMILES string of the molecule is Cc1nn(CC(N)=O)c(C)c1-c1cc(OC2CN(C(=O)N3N=CCC3c3cc(F)cc(C#N)c3)C2)c(F)cn1. The minimum Gasteiger partial charge on any atom is -0.483 e. The number of halogens is 2. The smallest absolute Gasteiger partial charge is 0.341 e. The van der Waals surface area contributed by atoms with Gasteiger partial charge in [-0.05, 0) is 37.6 Å². The molecule has 1 saturated heterocycles. The van der Waals surface area contributed by atoms with E-state index in [1.54, 1.807) is 20.1 Å². The van der Waals surface area contributed by atoms with Crippen LogP contribution in [0.4, 0.5) is 13.6 Å². The third-order valence-electron chi connectivity index (χ3n) is 6.64. The number of benzene rings is 1. The molecule has 1 aromatic carbocycles. The number of ether oxygens (including phenoxy) is 1. The van der Waals surface area contributed by atoms with Crippen molar-refractivity contribution >= 4 is 18.2 Å². The number of nitrogens with two attached hydrogens (primary N) is 1. The lowest BCUT2D eigenvalue weighted by atomic mass is 10.0. The largest absolute Gasteiger partial charge is 0.483 e. The van der Waals surface area contributed by atoms with E-state index < -0.39 is 35.7 Å². The number of pyridine rings is 1. The maximum absolute atomic E-state index is 14.6. The molecule has 1 atom stereocenters. The summed E-state index contributed by atoms with van der Waals surface area (Å²) >= 11 is 0. The van der Waals surface area contributed by atoms with E-state index in [0.717, 1.165) is 12.3 Å². The maximum Gasteiger partial charge on any atom is 0.341 e. The standard InChI is InChI=1S/C26H24F2N8O3/c1-14-25(15(2)35(33-14)13-24(30)37)21-8-23(20(28)10-31-21)39-19-11-34(12-19)26(38)36-22(3-4-32-36)17-5-16(9-29)6-18(27)7-17/h4-8,10,19,22H,3,11-13H2,1-2H3,(H2,30,37). The fraction of sp³-hybridized carbons (Fsp3) is 0.308. The molecule has 2 aliphatic rings. The van der Waals surface area contributed by atoms with Gasteiger partial charge in [0.2, 0.25) is 5.91 Å². The van der Waals surface area contributed by atoms with E-state index >= 15 is 0 Å². The number of nitriles is 1. The van der Waals surface area contributed by atoms with Crippen LogP contribution in [0.15, 0.2) is 35.6 Å². The number of hydrazone groups is 1. The normalized spacial score (nSPS) is 16.7. The van der Waals surface area contributed by atoms with Gasteiger partial charge in [0.15, 0.2) is 11.6 Å². The first-order chi connectivity index (χ1) is 18.6. The first-order valence-corrected chi connectivity index (χ1v) is 12.1. The van der Waals surface area contributed by atoms with E-state index in [9.17, 15) is 18.4 Å². The Labute approximate surface area is 222 Å². The van der Waals surface area contributed by atoms with Crippen molar-refractivity contribution in [3.63, 3.8) is 0 Å². The molecule has 1 unspecified atom stereocenters. The molecule has 5 rings (SSSR count). The van der Waals surface area contributed by atoms with Crippen LogP contribution in [-0.4, -0.2) is 62.0 Å². The molecule has 4 heterocycles. The van der Waals surface area contributed by atoms with E-state index in [0.29, 0.717) is 34.6 Å². The van der Waals surface area contributed by atoms with Crippen LogP contribution in [0.5, 0.6) is 5.75 Å². The van der Waals surface area contributed by atoms with Crippen LogP contribution in [0.25, 0.3) is 11.3 Å². The number of nitrogens with zero attached hydrogens (tertiary/aromatic N) is 7. The predicted octanol–water partition coefficient (Wildman–Crippen LogP) is 2.81. The van der Waals surface area contributed by atoms with Crippen LogP contribution >= 0.6 is 0 Å². The van der Waals surface area contributed by atoms with Gasteiger partial charge in [0.05, 0.1) is 48.3 Å². The maximum atomic E-state index is 14.6. The highest BCUT2D eigenvalue weighted by molar-refractivity contribution is 5.79. The number of likely N-dealkylation sites (tertiary alicyclic amines) is 1. The van der Waals surface area contributed by atoms with Crippen molar-refractivity contribution in [1.29, 1.82) is 5.26 Å². The summed E-state index contributed by atoms with van der Waals surface area (Å²) in [5.41, 5.74) is 8.23. The van der Waals surface area contributed by atoms with Gasteiger partial charge in [-0.25, -0.2) is 18.6 Å². The highest BCUT2D eigenvalue weighted by Gasteiger charge is 2.39. The van der Waals surface area contributed by atoms with Crippen molar-refractivity contribution in [2.45, 2.75) is 39.0 Å². The zero-order chi connectivity index (χ0) is 27.8. The van der Waals surface area contributed by atoms with Crippen molar-refractivity contribution in [3.05, 3.63) is 64.6 Å². The zero-order valence-electron chi connectivity index (χ0n) is 21.1. The molecule has 11 nitrogen and oxygen atoms in total. The van der Waals surface area contributed by atoms with Gasteiger partial charge in [-0.3, -0.25) is 14.5 Å². The number of primary amides is 1. The summed E-state index contributed by atoms with van der Waals surface area (Å²) in [5.74, 6) is -1.79. The molecule has 3 aromatic rings. The quantitative estimate of drug-likeness (QED) is 0.515. The summed E-state index contributed by atoms with van der Waals surface area (Å²) in [7, 11) is 0. The monoisotopic (exact) mass is 534 g/mol. The number of amides is 3. The van der Waals surface area contributed by atoms with Gasteiger partial charge in [0, 0.05) is 30.0 Å². The summed E-state index contributed by atoms with van der Waals surface area (Å²) in [6.45, 7) is 3.80. The van der Waals surface area contributed by atoms with Gasteiger partial charge < -0.3 is 15.4 Å². The molecular formula is C26H24F2N8O3. The second-order valence-corrected chi connectivity index (χ2v) is 9.38. The van der Waals surface area contributed by atoms with Crippen molar-refractivity contribution in [2.24, 2.45) is 10.8 Å². The van der Waals surface area contributed by atoms with Gasteiger partial charge in [0.25, 0.3) is 0 Å². The molecule has 1 fully saturated rings. The lowest BCUT2D eigenvalue weighted by Gasteiger charge is -2.41. The minimum atomic E-state index is -0.660. The third kappa shape index (κ3) is 5.00. The number of carbonyl (C=O) groups is 2. The number of hydrogen-bond donors (Lipinski definition) is 1. The molecule has 0 spiro atoms. The zero-order valence-corrected chi connectivity index (χ0v) is 21.1. The fourth-order valence-electron chi connectivity index (χ4n) is 4.75. The van der Waals surface area contributed by atoms with E-state index in [2.05, 4.69) is 15.2 Å². The molecule has 2 aliphatic heterocycles. The average molecular weight is 535 g/mol. The van der Waals surface area contributed by atoms with Gasteiger partial charge >= 0.3 is 6.03 Å². The second kappa shape index (κ2) is 10.1. The Kier molecular flexibility index (Phi) is 6.69. The fourth-order valence-corrected chi connectivity index (χ4v) is 4.75. The van der Waals surface area contributed by atoms with Gasteiger partial charge in [0.1, 0.15) is 18.5 Å². The van der Waals surface area contributed by atoms with Crippen molar-refractivity contribution < 1.29 is 23.1 Å². The lowest BCUT2D eigenvalue weighted by molar-refractivity contribution is -0.118. The number of carbonyl (C=O) groups excluding carboxylic acids is 2. The molecule has 2 N–H and O–H groups in total. The van der Waals surface area contributed by atoms with Crippen LogP contribution in [0, 0.1) is 36.8 Å². The van der Waals surface area contributed by atoms with Gasteiger partial charge in [-0.15, -0.1) is 0 Å². The van der Waals surface area contributed by atoms with E-state index in [-0.39, 0.29) is 30.9 Å². The number of hydrogen-bond acceptors (Lipinski definition) is 7. The van der Waals surface area contributed by atoms with Gasteiger partial charge in [-0.1, -0.05) is 0 Å². The summed E-state index contributed by atoms with van der Waals surface area (Å²) in [5, 5.41) is 18.9. The molecule has 13 heteroatoms. The molecule has 0 bridgehead atoms. The van der Waals surface area contributed by atoms with Crippen LogP contribution in [0.1, 0.15) is 35.0 Å². The van der Waals surface area contributed by atoms with E-state index in [4.69, 9.17) is 15.7 Å². The molecule has 200 valence electrons. The summed E-state index contributed by atoms with van der Waals surface area (Å²) in [6, 6.07) is 6.38. The summed E-state index contributed by atoms with van der Waals surface area (Å²) in [6.07, 6.45) is 2.53. The number of rotatable bonds is 6. The Morgan fingerprint density at radius 2 is 1.97 bits per heavy atom. The highest BCUT2D eigenvalue weighted by atomic mass is 19.1. The molecule has 0 radical (unpaired) electrons. The highest BCUT2D eigenvalue weighted by Crippen LogP contribution is 2.33. The van der Waals surface area contributed by atoms with Crippen molar-refractivity contribution in [2.75, 3.05) is 13.1 Å². The van der Waals surface area contributed by atoms with Crippen LogP contribution in [0.3, 0.4) is 0 Å². The summed E-state index contributed by atoms with van der Waals surface area (Å²) < 4.78 is 35.9. The minimum absolute atomic E-state index is 0.0283. The second-order valence-electron chi connectivity index (χ2n) is 9.38. The topological polar surface area (TPSA) is 143 Å². The van der Waals surface area contributed by atoms with Crippen molar-refractivity contribution in [3.8, 4) is 23.1 Å². The van der Waals surface area contributed by atoms with Crippen LogP contribution < -0.4 is 10.5 Å². The predicted molar refractivity (Wildman–Crippen MR) is 134 cm³/mol. The average Bonchev–Trinajstić information content (AvgIpc) is 3.46.